The quantitative estimate of drug-likeness (QED) is 0.577. The Hall–Kier alpha value is -0.626. The first kappa shape index (κ1) is 15.4. The van der Waals surface area contributed by atoms with Crippen molar-refractivity contribution in [3.05, 3.63) is 0 Å². The van der Waals surface area contributed by atoms with Crippen molar-refractivity contribution in [1.29, 1.82) is 0 Å². The molecule has 0 fully saturated rings. The van der Waals surface area contributed by atoms with E-state index in [1.54, 1.807) is 0 Å². The fourth-order valence-electron chi connectivity index (χ4n) is 0.730. The fourth-order valence-corrected chi connectivity index (χ4v) is 2.19. The molecule has 0 heterocycles. The highest BCUT2D eigenvalue weighted by atomic mass is 28.4. The zero-order valence-corrected chi connectivity index (χ0v) is 13.0. The molecule has 0 aromatic rings. The van der Waals surface area contributed by atoms with Crippen LogP contribution in [-0.4, -0.2) is 28.6 Å². The Morgan fingerprint density at radius 1 is 0.812 bits per heavy atom. The molecule has 0 atom stereocenters. The van der Waals surface area contributed by atoms with E-state index >= 15 is 0 Å². The van der Waals surface area contributed by atoms with Crippen LogP contribution in [0, 0.1) is 0 Å². The average molecular weight is 262 g/mol. The standard InChI is InChI=1S/C10H22O4Si2/c1-7-15(3,4)13-9(11)10(12)14-16(5,6)8-2/h7-8H2,1-6H3. The van der Waals surface area contributed by atoms with E-state index in [2.05, 4.69) is 0 Å². The van der Waals surface area contributed by atoms with Crippen LogP contribution in [0.25, 0.3) is 0 Å². The molecule has 16 heavy (non-hydrogen) atoms. The van der Waals surface area contributed by atoms with Crippen LogP contribution in [-0.2, 0) is 18.4 Å². The summed E-state index contributed by atoms with van der Waals surface area (Å²) in [4.78, 5) is 22.9. The van der Waals surface area contributed by atoms with Crippen LogP contribution in [0.1, 0.15) is 13.8 Å². The van der Waals surface area contributed by atoms with E-state index in [1.807, 2.05) is 40.0 Å². The van der Waals surface area contributed by atoms with Crippen LogP contribution in [0.2, 0.25) is 38.3 Å². The first-order valence-electron chi connectivity index (χ1n) is 5.60. The van der Waals surface area contributed by atoms with E-state index in [0.717, 1.165) is 12.1 Å². The van der Waals surface area contributed by atoms with Crippen molar-refractivity contribution < 1.29 is 18.4 Å². The van der Waals surface area contributed by atoms with Gasteiger partial charge in [-0.1, -0.05) is 13.8 Å². The highest BCUT2D eigenvalue weighted by Crippen LogP contribution is 2.13. The molecule has 0 rings (SSSR count). The summed E-state index contributed by atoms with van der Waals surface area (Å²) in [5, 5.41) is 0. The van der Waals surface area contributed by atoms with Gasteiger partial charge in [-0.2, -0.15) is 0 Å². The predicted molar refractivity (Wildman–Crippen MR) is 68.1 cm³/mol. The van der Waals surface area contributed by atoms with Crippen molar-refractivity contribution in [3.63, 3.8) is 0 Å². The molecule has 0 amide bonds. The second-order valence-electron chi connectivity index (χ2n) is 5.01. The van der Waals surface area contributed by atoms with Gasteiger partial charge in [-0.3, -0.25) is 0 Å². The first-order chi connectivity index (χ1) is 7.13. The SMILES string of the molecule is CC[Si](C)(C)OC(=O)C(=O)O[Si](C)(C)CC. The third-order valence-electron chi connectivity index (χ3n) is 2.61. The highest BCUT2D eigenvalue weighted by Gasteiger charge is 2.33. The summed E-state index contributed by atoms with van der Waals surface area (Å²) in [6, 6.07) is 1.58. The molecule has 0 spiro atoms. The molecular weight excluding hydrogens is 240 g/mol. The van der Waals surface area contributed by atoms with Crippen LogP contribution in [0.5, 0.6) is 0 Å². The van der Waals surface area contributed by atoms with Crippen molar-refractivity contribution in [3.8, 4) is 0 Å². The van der Waals surface area contributed by atoms with Gasteiger partial charge in [0.05, 0.1) is 0 Å². The molecule has 4 nitrogen and oxygen atoms in total. The molecule has 6 heteroatoms. The second kappa shape index (κ2) is 5.63. The van der Waals surface area contributed by atoms with Gasteiger partial charge < -0.3 is 8.85 Å². The number of hydrogen-bond acceptors (Lipinski definition) is 4. The monoisotopic (exact) mass is 262 g/mol. The summed E-state index contributed by atoms with van der Waals surface area (Å²) in [6.07, 6.45) is 0. The zero-order valence-electron chi connectivity index (χ0n) is 11.0. The Morgan fingerprint density at radius 3 is 1.25 bits per heavy atom. The lowest BCUT2D eigenvalue weighted by Gasteiger charge is -2.23. The van der Waals surface area contributed by atoms with Gasteiger partial charge in [0.25, 0.3) is 0 Å². The molecule has 0 aromatic carbocycles. The summed E-state index contributed by atoms with van der Waals surface area (Å²) < 4.78 is 10.4. The lowest BCUT2D eigenvalue weighted by Crippen LogP contribution is -2.40. The number of hydrogen-bond donors (Lipinski definition) is 0. The minimum absolute atomic E-state index is 0.792. The zero-order chi connectivity index (χ0) is 13.0. The summed E-state index contributed by atoms with van der Waals surface area (Å²) in [7, 11) is -4.05. The Bertz CT molecular complexity index is 246. The summed E-state index contributed by atoms with van der Waals surface area (Å²) in [5.74, 6) is -1.65. The maximum atomic E-state index is 11.5. The topological polar surface area (TPSA) is 52.6 Å². The largest absolute Gasteiger partial charge is 0.511 e. The molecule has 0 radical (unpaired) electrons. The lowest BCUT2D eigenvalue weighted by molar-refractivity contribution is -0.157. The van der Waals surface area contributed by atoms with Gasteiger partial charge in [0.15, 0.2) is 0 Å². The van der Waals surface area contributed by atoms with Gasteiger partial charge in [-0.05, 0) is 38.3 Å². The Labute approximate surface area is 99.6 Å². The van der Waals surface area contributed by atoms with Crippen molar-refractivity contribution in [2.24, 2.45) is 0 Å². The lowest BCUT2D eigenvalue weighted by atomic mass is 10.7. The van der Waals surface area contributed by atoms with E-state index in [0.29, 0.717) is 0 Å². The molecule has 0 aromatic heterocycles. The van der Waals surface area contributed by atoms with Crippen LogP contribution in [0.4, 0.5) is 0 Å². The van der Waals surface area contributed by atoms with Gasteiger partial charge >= 0.3 is 11.9 Å². The molecule has 0 bridgehead atoms. The van der Waals surface area contributed by atoms with Crippen LogP contribution in [0.15, 0.2) is 0 Å². The van der Waals surface area contributed by atoms with Gasteiger partial charge in [-0.25, -0.2) is 9.59 Å². The third kappa shape index (κ3) is 5.46. The smallest absolute Gasteiger partial charge is 0.402 e. The third-order valence-corrected chi connectivity index (χ3v) is 7.49. The van der Waals surface area contributed by atoms with Gasteiger partial charge in [0, 0.05) is 0 Å². The average Bonchev–Trinajstić information content (AvgIpc) is 2.16. The maximum absolute atomic E-state index is 11.5. The van der Waals surface area contributed by atoms with Crippen molar-refractivity contribution in [2.75, 3.05) is 0 Å². The van der Waals surface area contributed by atoms with Crippen molar-refractivity contribution in [1.82, 2.24) is 0 Å². The van der Waals surface area contributed by atoms with E-state index in [9.17, 15) is 9.59 Å². The minimum atomic E-state index is -2.02. The molecular formula is C10H22O4Si2. The molecule has 0 aliphatic rings. The molecule has 0 saturated carbocycles. The van der Waals surface area contributed by atoms with E-state index in [-0.39, 0.29) is 0 Å². The number of carbonyl (C=O) groups excluding carboxylic acids is 2. The normalized spacial score (nSPS) is 12.1. The van der Waals surface area contributed by atoms with Crippen molar-refractivity contribution >= 4 is 28.6 Å². The number of rotatable bonds is 4. The van der Waals surface area contributed by atoms with Gasteiger partial charge in [-0.15, -0.1) is 0 Å². The summed E-state index contributed by atoms with van der Waals surface area (Å²) in [6.45, 7) is 11.5. The van der Waals surface area contributed by atoms with Crippen LogP contribution in [0.3, 0.4) is 0 Å². The predicted octanol–water partition coefficient (Wildman–Crippen LogP) is 2.52. The van der Waals surface area contributed by atoms with Gasteiger partial charge in [0.1, 0.15) is 0 Å². The fraction of sp³-hybridized carbons (Fsp3) is 0.800. The second-order valence-corrected chi connectivity index (χ2v) is 13.9. The van der Waals surface area contributed by atoms with Crippen molar-refractivity contribution in [2.45, 2.75) is 52.1 Å². The molecule has 94 valence electrons. The maximum Gasteiger partial charge on any atom is 0.402 e. The van der Waals surface area contributed by atoms with Gasteiger partial charge in [0.2, 0.25) is 16.6 Å². The first-order valence-corrected chi connectivity index (χ1v) is 11.8. The Kier molecular flexibility index (Phi) is 5.41. The van der Waals surface area contributed by atoms with Crippen LogP contribution < -0.4 is 0 Å². The van der Waals surface area contributed by atoms with Crippen LogP contribution >= 0.6 is 0 Å². The molecule has 0 N–H and O–H groups in total. The molecule has 0 saturated heterocycles. The molecule has 0 aliphatic carbocycles. The molecule has 0 unspecified atom stereocenters. The minimum Gasteiger partial charge on any atom is -0.511 e. The Balaban J connectivity index is 4.37. The van der Waals surface area contributed by atoms with E-state index in [4.69, 9.17) is 8.85 Å². The Morgan fingerprint density at radius 2 is 1.06 bits per heavy atom. The van der Waals surface area contributed by atoms with E-state index in [1.165, 1.54) is 0 Å². The summed E-state index contributed by atoms with van der Waals surface area (Å²) in [5.41, 5.74) is 0. The highest BCUT2D eigenvalue weighted by molar-refractivity contribution is 6.75. The molecule has 0 aliphatic heterocycles. The summed E-state index contributed by atoms with van der Waals surface area (Å²) >= 11 is 0. The number of carbonyl (C=O) groups is 2. The van der Waals surface area contributed by atoms with E-state index < -0.39 is 28.6 Å².